The third kappa shape index (κ3) is 2.74. The number of aliphatic imine (C=N–C) groups is 1. The summed E-state index contributed by atoms with van der Waals surface area (Å²) in [6, 6.07) is 0.336. The molecule has 14 heavy (non-hydrogen) atoms. The lowest BCUT2D eigenvalue weighted by molar-refractivity contribution is 0.704. The van der Waals surface area contributed by atoms with Crippen LogP contribution in [0.3, 0.4) is 0 Å². The van der Waals surface area contributed by atoms with Crippen LogP contribution >= 0.6 is 11.6 Å². The van der Waals surface area contributed by atoms with Gasteiger partial charge in [0, 0.05) is 17.3 Å². The van der Waals surface area contributed by atoms with Gasteiger partial charge in [0.1, 0.15) is 0 Å². The predicted molar refractivity (Wildman–Crippen MR) is 62.5 cm³/mol. The molecule has 1 atom stereocenters. The largest absolute Gasteiger partial charge is 0.378 e. The van der Waals surface area contributed by atoms with Crippen LogP contribution in [-0.2, 0) is 0 Å². The second-order valence-electron chi connectivity index (χ2n) is 3.46. The summed E-state index contributed by atoms with van der Waals surface area (Å²) in [5.74, 6) is 0. The number of nitrogens with zero attached hydrogens (tertiary/aromatic N) is 1. The summed E-state index contributed by atoms with van der Waals surface area (Å²) < 4.78 is 0. The quantitative estimate of drug-likeness (QED) is 0.707. The Kier molecular flexibility index (Phi) is 3.53. The summed E-state index contributed by atoms with van der Waals surface area (Å²) in [7, 11) is 0. The smallest absolute Gasteiger partial charge is 0.0855 e. The summed E-state index contributed by atoms with van der Waals surface area (Å²) in [6.45, 7) is 9.86. The highest BCUT2D eigenvalue weighted by molar-refractivity contribution is 6.29. The van der Waals surface area contributed by atoms with Gasteiger partial charge in [0.15, 0.2) is 0 Å². The summed E-state index contributed by atoms with van der Waals surface area (Å²) in [6.07, 6.45) is 3.66. The fourth-order valence-corrected chi connectivity index (χ4v) is 1.20. The highest BCUT2D eigenvalue weighted by Gasteiger charge is 2.14. The SMILES string of the molecule is C=C1NC(C)C(C)=CC1=N/C=C(\C)Cl. The average molecular weight is 211 g/mol. The van der Waals surface area contributed by atoms with Crippen molar-refractivity contribution in [2.75, 3.05) is 0 Å². The molecular weight excluding hydrogens is 196 g/mol. The highest BCUT2D eigenvalue weighted by Crippen LogP contribution is 2.12. The molecule has 1 unspecified atom stereocenters. The van der Waals surface area contributed by atoms with Gasteiger partial charge in [-0.3, -0.25) is 4.99 Å². The lowest BCUT2D eigenvalue weighted by Gasteiger charge is -2.23. The van der Waals surface area contributed by atoms with Crippen LogP contribution in [0.5, 0.6) is 0 Å². The van der Waals surface area contributed by atoms with E-state index < -0.39 is 0 Å². The Morgan fingerprint density at radius 3 is 2.93 bits per heavy atom. The fourth-order valence-electron chi connectivity index (χ4n) is 1.15. The molecule has 0 bridgehead atoms. The van der Waals surface area contributed by atoms with Crippen molar-refractivity contribution in [3.8, 4) is 0 Å². The Labute approximate surface area is 90.1 Å². The first-order valence-corrected chi connectivity index (χ1v) is 4.92. The topological polar surface area (TPSA) is 24.4 Å². The van der Waals surface area contributed by atoms with Crippen LogP contribution in [-0.4, -0.2) is 11.8 Å². The first-order chi connectivity index (χ1) is 6.50. The molecule has 0 fully saturated rings. The molecule has 0 spiro atoms. The minimum Gasteiger partial charge on any atom is -0.378 e. The normalized spacial score (nSPS) is 26.1. The third-order valence-corrected chi connectivity index (χ3v) is 2.23. The van der Waals surface area contributed by atoms with Crippen molar-refractivity contribution >= 4 is 17.3 Å². The van der Waals surface area contributed by atoms with Gasteiger partial charge in [-0.2, -0.15) is 0 Å². The van der Waals surface area contributed by atoms with Crippen molar-refractivity contribution in [3.63, 3.8) is 0 Å². The van der Waals surface area contributed by atoms with E-state index in [1.54, 1.807) is 13.1 Å². The lowest BCUT2D eigenvalue weighted by atomic mass is 10.0. The number of nitrogens with one attached hydrogen (secondary N) is 1. The standard InChI is InChI=1S/C11H15ClN2/c1-7-5-11(13-6-8(2)12)10(4)14-9(7)3/h5-6,9,14H,4H2,1-3H3/b8-6+,13-11?. The molecule has 0 saturated carbocycles. The van der Waals surface area contributed by atoms with Crippen molar-refractivity contribution in [1.29, 1.82) is 0 Å². The van der Waals surface area contributed by atoms with Crippen molar-refractivity contribution < 1.29 is 0 Å². The molecule has 0 aromatic rings. The van der Waals surface area contributed by atoms with Crippen LogP contribution < -0.4 is 5.32 Å². The number of rotatable bonds is 1. The van der Waals surface area contributed by atoms with E-state index in [1.807, 2.05) is 6.08 Å². The average Bonchev–Trinajstić information content (AvgIpc) is 2.09. The van der Waals surface area contributed by atoms with E-state index in [0.717, 1.165) is 11.4 Å². The Bertz CT molecular complexity index is 333. The van der Waals surface area contributed by atoms with E-state index in [1.165, 1.54) is 5.57 Å². The minimum atomic E-state index is 0.336. The predicted octanol–water partition coefficient (Wildman–Crippen LogP) is 2.98. The van der Waals surface area contributed by atoms with Crippen LogP contribution in [0.15, 0.2) is 40.1 Å². The van der Waals surface area contributed by atoms with E-state index >= 15 is 0 Å². The Hall–Kier alpha value is -1.02. The van der Waals surface area contributed by atoms with Crippen LogP contribution in [0.25, 0.3) is 0 Å². The maximum absolute atomic E-state index is 5.69. The molecule has 0 aromatic carbocycles. The van der Waals surface area contributed by atoms with Gasteiger partial charge in [-0.05, 0) is 32.4 Å². The van der Waals surface area contributed by atoms with Gasteiger partial charge in [0.05, 0.1) is 11.4 Å². The van der Waals surface area contributed by atoms with E-state index in [9.17, 15) is 0 Å². The van der Waals surface area contributed by atoms with Crippen molar-refractivity contribution in [1.82, 2.24) is 5.32 Å². The summed E-state index contributed by atoms with van der Waals surface area (Å²) in [5.41, 5.74) is 2.94. The summed E-state index contributed by atoms with van der Waals surface area (Å²) in [5, 5.41) is 3.90. The van der Waals surface area contributed by atoms with Crippen molar-refractivity contribution in [3.05, 3.63) is 35.2 Å². The molecule has 0 aliphatic carbocycles. The first kappa shape index (κ1) is 11.1. The number of halogens is 1. The van der Waals surface area contributed by atoms with Crippen LogP contribution in [0, 0.1) is 0 Å². The Balaban J connectivity index is 2.95. The molecule has 1 aliphatic heterocycles. The molecule has 0 saturated heterocycles. The minimum absolute atomic E-state index is 0.336. The summed E-state index contributed by atoms with van der Waals surface area (Å²) >= 11 is 5.69. The van der Waals surface area contributed by atoms with Gasteiger partial charge >= 0.3 is 0 Å². The molecule has 1 N–H and O–H groups in total. The van der Waals surface area contributed by atoms with Crippen LogP contribution in [0.2, 0.25) is 0 Å². The van der Waals surface area contributed by atoms with E-state index in [-0.39, 0.29) is 0 Å². The molecule has 0 radical (unpaired) electrons. The fraction of sp³-hybridized carbons (Fsp3) is 0.364. The van der Waals surface area contributed by atoms with Gasteiger partial charge in [-0.25, -0.2) is 0 Å². The summed E-state index contributed by atoms with van der Waals surface area (Å²) in [4.78, 5) is 4.23. The Morgan fingerprint density at radius 1 is 1.71 bits per heavy atom. The number of allylic oxidation sites excluding steroid dienone is 2. The molecule has 1 heterocycles. The zero-order chi connectivity index (χ0) is 10.7. The molecule has 2 nitrogen and oxygen atoms in total. The number of hydrogen-bond donors (Lipinski definition) is 1. The van der Waals surface area contributed by atoms with Gasteiger partial charge in [-0.15, -0.1) is 0 Å². The molecule has 3 heteroatoms. The molecule has 0 amide bonds. The van der Waals surface area contributed by atoms with Crippen LogP contribution in [0.1, 0.15) is 20.8 Å². The van der Waals surface area contributed by atoms with E-state index in [4.69, 9.17) is 11.6 Å². The lowest BCUT2D eigenvalue weighted by Crippen LogP contribution is -2.33. The number of hydrogen-bond acceptors (Lipinski definition) is 2. The maximum atomic E-state index is 5.69. The van der Waals surface area contributed by atoms with Gasteiger partial charge in [0.25, 0.3) is 0 Å². The van der Waals surface area contributed by atoms with Crippen molar-refractivity contribution in [2.24, 2.45) is 4.99 Å². The van der Waals surface area contributed by atoms with E-state index in [0.29, 0.717) is 11.1 Å². The second-order valence-corrected chi connectivity index (χ2v) is 4.06. The highest BCUT2D eigenvalue weighted by atomic mass is 35.5. The Morgan fingerprint density at radius 2 is 2.36 bits per heavy atom. The van der Waals surface area contributed by atoms with Gasteiger partial charge in [0.2, 0.25) is 0 Å². The molecule has 1 rings (SSSR count). The third-order valence-electron chi connectivity index (χ3n) is 2.13. The second kappa shape index (κ2) is 4.47. The molecular formula is C11H15ClN2. The van der Waals surface area contributed by atoms with Gasteiger partial charge < -0.3 is 5.32 Å². The first-order valence-electron chi connectivity index (χ1n) is 4.55. The monoisotopic (exact) mass is 210 g/mol. The zero-order valence-corrected chi connectivity index (χ0v) is 9.52. The van der Waals surface area contributed by atoms with Gasteiger partial charge in [-0.1, -0.05) is 18.2 Å². The van der Waals surface area contributed by atoms with E-state index in [2.05, 4.69) is 30.7 Å². The van der Waals surface area contributed by atoms with Crippen molar-refractivity contribution in [2.45, 2.75) is 26.8 Å². The molecule has 76 valence electrons. The molecule has 1 aliphatic rings. The molecule has 0 aromatic heterocycles. The maximum Gasteiger partial charge on any atom is 0.0855 e. The van der Waals surface area contributed by atoms with Crippen LogP contribution in [0.4, 0.5) is 0 Å². The zero-order valence-electron chi connectivity index (χ0n) is 8.76.